The van der Waals surface area contributed by atoms with Gasteiger partial charge in [0.2, 0.25) is 0 Å². The second-order valence-electron chi connectivity index (χ2n) is 3.61. The normalized spacial score (nSPS) is 43.6. The number of nitrogens with zero attached hydrogens (tertiary/aromatic N) is 1. The summed E-state index contributed by atoms with van der Waals surface area (Å²) in [7, 11) is 0. The van der Waals surface area contributed by atoms with Crippen LogP contribution in [0.5, 0.6) is 0 Å². The fraction of sp³-hybridized carbons (Fsp3) is 0.875. The minimum absolute atomic E-state index is 0.0551. The number of aliphatic hydroxyl groups is 1. The summed E-state index contributed by atoms with van der Waals surface area (Å²) in [5, 5.41) is 9.27. The van der Waals surface area contributed by atoms with Crippen molar-refractivity contribution in [2.75, 3.05) is 13.1 Å². The zero-order valence-corrected chi connectivity index (χ0v) is 7.51. The molecule has 5 heteroatoms. The molecule has 0 aromatic heterocycles. The lowest BCUT2D eigenvalue weighted by molar-refractivity contribution is 0.112. The van der Waals surface area contributed by atoms with Gasteiger partial charge < -0.3 is 20.5 Å². The van der Waals surface area contributed by atoms with Crippen LogP contribution < -0.4 is 5.73 Å². The van der Waals surface area contributed by atoms with Crippen LogP contribution in [-0.4, -0.2) is 47.4 Å². The maximum absolute atomic E-state index is 11.1. The lowest BCUT2D eigenvalue weighted by Gasteiger charge is -2.07. The first-order chi connectivity index (χ1) is 6.15. The number of aliphatic hydroxyl groups excluding tert-OH is 1. The van der Waals surface area contributed by atoms with Gasteiger partial charge in [-0.05, 0) is 6.92 Å². The molecule has 2 fully saturated rings. The van der Waals surface area contributed by atoms with Crippen molar-refractivity contribution in [3.8, 4) is 0 Å². The molecular formula is C8H14N2O3. The lowest BCUT2D eigenvalue weighted by atomic mass is 10.2. The summed E-state index contributed by atoms with van der Waals surface area (Å²) in [6, 6.07) is -0.213. The molecule has 1 amide bonds. The Morgan fingerprint density at radius 3 is 2.77 bits per heavy atom. The Kier molecular flexibility index (Phi) is 1.92. The molecule has 1 aliphatic carbocycles. The molecule has 1 saturated heterocycles. The Hall–Kier alpha value is -0.810. The number of cyclic esters (lactones) is 1. The van der Waals surface area contributed by atoms with Gasteiger partial charge in [-0.25, -0.2) is 4.79 Å². The van der Waals surface area contributed by atoms with E-state index in [2.05, 4.69) is 0 Å². The van der Waals surface area contributed by atoms with Crippen molar-refractivity contribution in [1.29, 1.82) is 0 Å². The van der Waals surface area contributed by atoms with Gasteiger partial charge >= 0.3 is 6.09 Å². The van der Waals surface area contributed by atoms with Gasteiger partial charge in [0.25, 0.3) is 0 Å². The molecule has 1 heterocycles. The van der Waals surface area contributed by atoms with Crippen LogP contribution in [0.3, 0.4) is 0 Å². The van der Waals surface area contributed by atoms with Gasteiger partial charge in [-0.2, -0.15) is 0 Å². The summed E-state index contributed by atoms with van der Waals surface area (Å²) in [4.78, 5) is 12.8. The molecule has 0 spiro atoms. The highest BCUT2D eigenvalue weighted by Gasteiger charge is 2.55. The van der Waals surface area contributed by atoms with Crippen LogP contribution in [0.15, 0.2) is 0 Å². The molecule has 0 aromatic carbocycles. The summed E-state index contributed by atoms with van der Waals surface area (Å²) in [6.45, 7) is 3.10. The number of amides is 1. The van der Waals surface area contributed by atoms with Gasteiger partial charge in [0.15, 0.2) is 0 Å². The van der Waals surface area contributed by atoms with E-state index in [1.54, 1.807) is 4.90 Å². The van der Waals surface area contributed by atoms with Crippen molar-refractivity contribution in [3.05, 3.63) is 0 Å². The van der Waals surface area contributed by atoms with E-state index in [1.165, 1.54) is 0 Å². The number of hydrogen-bond donors (Lipinski definition) is 2. The zero-order valence-electron chi connectivity index (χ0n) is 7.51. The molecule has 0 bridgehead atoms. The monoisotopic (exact) mass is 186 g/mol. The largest absolute Gasteiger partial charge is 0.444 e. The maximum atomic E-state index is 11.1. The van der Waals surface area contributed by atoms with Crippen molar-refractivity contribution in [3.63, 3.8) is 0 Å². The highest BCUT2D eigenvalue weighted by Crippen LogP contribution is 2.36. The summed E-state index contributed by atoms with van der Waals surface area (Å²) < 4.78 is 5.08. The Bertz CT molecular complexity index is 225. The van der Waals surface area contributed by atoms with E-state index in [9.17, 15) is 9.90 Å². The van der Waals surface area contributed by atoms with Gasteiger partial charge in [0.1, 0.15) is 6.10 Å². The van der Waals surface area contributed by atoms with Crippen molar-refractivity contribution in [2.24, 2.45) is 11.7 Å². The van der Waals surface area contributed by atoms with Crippen molar-refractivity contribution in [2.45, 2.75) is 25.2 Å². The number of rotatable bonds is 2. The molecule has 3 N–H and O–H groups in total. The summed E-state index contributed by atoms with van der Waals surface area (Å²) in [5.41, 5.74) is 5.56. The minimum atomic E-state index is -0.491. The van der Waals surface area contributed by atoms with Gasteiger partial charge in [0, 0.05) is 18.5 Å². The molecule has 0 aromatic rings. The predicted octanol–water partition coefficient (Wildman–Crippen LogP) is -0.855. The van der Waals surface area contributed by atoms with Crippen LogP contribution >= 0.6 is 0 Å². The minimum Gasteiger partial charge on any atom is -0.444 e. The molecule has 2 aliphatic rings. The average molecular weight is 186 g/mol. The highest BCUT2D eigenvalue weighted by molar-refractivity contribution is 5.70. The Morgan fingerprint density at radius 2 is 2.38 bits per heavy atom. The first-order valence-corrected chi connectivity index (χ1v) is 4.54. The Labute approximate surface area is 76.5 Å². The van der Waals surface area contributed by atoms with Gasteiger partial charge in [0.05, 0.1) is 12.6 Å². The third-order valence-corrected chi connectivity index (χ3v) is 2.81. The molecular weight excluding hydrogens is 172 g/mol. The zero-order chi connectivity index (χ0) is 9.59. The third kappa shape index (κ3) is 1.28. The first kappa shape index (κ1) is 8.77. The van der Waals surface area contributed by atoms with Crippen LogP contribution in [0.2, 0.25) is 0 Å². The molecule has 74 valence electrons. The standard InChI is InChI=1S/C8H14N2O3/c1-2-10-3-4(13-8(10)12)5-6(9)7(5)11/h4-7,11H,2-3,9H2,1H3. The number of carbonyl (C=O) groups excluding carboxylic acids is 1. The predicted molar refractivity (Wildman–Crippen MR) is 45.0 cm³/mol. The second kappa shape index (κ2) is 2.85. The SMILES string of the molecule is CCN1CC(C2C(N)C2O)OC1=O. The molecule has 4 atom stereocenters. The van der Waals surface area contributed by atoms with Crippen LogP contribution in [0.4, 0.5) is 4.79 Å². The topological polar surface area (TPSA) is 75.8 Å². The van der Waals surface area contributed by atoms with E-state index in [0.29, 0.717) is 13.1 Å². The molecule has 4 unspecified atom stereocenters. The van der Waals surface area contributed by atoms with E-state index < -0.39 is 6.10 Å². The summed E-state index contributed by atoms with van der Waals surface area (Å²) in [5.74, 6) is -0.0551. The van der Waals surface area contributed by atoms with Crippen LogP contribution in [0, 0.1) is 5.92 Å². The van der Waals surface area contributed by atoms with E-state index in [0.717, 1.165) is 0 Å². The van der Waals surface area contributed by atoms with Crippen LogP contribution in [0.25, 0.3) is 0 Å². The van der Waals surface area contributed by atoms with E-state index in [-0.39, 0.29) is 24.2 Å². The van der Waals surface area contributed by atoms with Crippen molar-refractivity contribution >= 4 is 6.09 Å². The molecule has 0 radical (unpaired) electrons. The Morgan fingerprint density at radius 1 is 1.77 bits per heavy atom. The van der Waals surface area contributed by atoms with Gasteiger partial charge in [-0.3, -0.25) is 0 Å². The third-order valence-electron chi connectivity index (χ3n) is 2.81. The van der Waals surface area contributed by atoms with Crippen molar-refractivity contribution < 1.29 is 14.6 Å². The number of hydrogen-bond acceptors (Lipinski definition) is 4. The van der Waals surface area contributed by atoms with E-state index in [4.69, 9.17) is 10.5 Å². The maximum Gasteiger partial charge on any atom is 0.410 e. The smallest absolute Gasteiger partial charge is 0.410 e. The van der Waals surface area contributed by atoms with Gasteiger partial charge in [-0.1, -0.05) is 0 Å². The second-order valence-corrected chi connectivity index (χ2v) is 3.61. The first-order valence-electron chi connectivity index (χ1n) is 4.54. The highest BCUT2D eigenvalue weighted by atomic mass is 16.6. The lowest BCUT2D eigenvalue weighted by Crippen LogP contribution is -2.25. The fourth-order valence-corrected chi connectivity index (χ4v) is 1.80. The number of ether oxygens (including phenoxy) is 1. The van der Waals surface area contributed by atoms with Crippen molar-refractivity contribution in [1.82, 2.24) is 4.90 Å². The number of nitrogens with two attached hydrogens (primary N) is 1. The van der Waals surface area contributed by atoms with Crippen LogP contribution in [0.1, 0.15) is 6.92 Å². The van der Waals surface area contributed by atoms with E-state index >= 15 is 0 Å². The quantitative estimate of drug-likeness (QED) is 0.588. The number of carbonyl (C=O) groups is 1. The molecule has 13 heavy (non-hydrogen) atoms. The Balaban J connectivity index is 1.95. The summed E-state index contributed by atoms with van der Waals surface area (Å²) >= 11 is 0. The van der Waals surface area contributed by atoms with E-state index in [1.807, 2.05) is 6.92 Å². The molecule has 5 nitrogen and oxygen atoms in total. The van der Waals surface area contributed by atoms with Crippen LogP contribution in [-0.2, 0) is 4.74 Å². The fourth-order valence-electron chi connectivity index (χ4n) is 1.80. The summed E-state index contributed by atoms with van der Waals surface area (Å²) in [6.07, 6.45) is -0.995. The number of likely N-dealkylation sites (N-methyl/N-ethyl adjacent to an activating group) is 1. The molecule has 2 rings (SSSR count). The molecule has 1 saturated carbocycles. The molecule has 1 aliphatic heterocycles. The average Bonchev–Trinajstić information content (AvgIpc) is 2.56. The van der Waals surface area contributed by atoms with Gasteiger partial charge in [-0.15, -0.1) is 0 Å².